The largest absolute Gasteiger partial charge is 0.490 e. The summed E-state index contributed by atoms with van der Waals surface area (Å²) in [5, 5.41) is 7.23. The predicted molar refractivity (Wildman–Crippen MR) is 119 cm³/mol. The number of fused-ring (bicyclic) bond motifs is 2. The molecule has 0 radical (unpaired) electrons. The highest BCUT2D eigenvalue weighted by Gasteiger charge is 2.39. The zero-order valence-corrected chi connectivity index (χ0v) is 18.8. The number of nitrogens with one attached hydrogen (secondary N) is 2. The average molecular weight is 459 g/mol. The number of thiazole rings is 1. The van der Waals surface area contributed by atoms with Crippen LogP contribution >= 0.6 is 11.3 Å². The van der Waals surface area contributed by atoms with Gasteiger partial charge in [0, 0.05) is 24.7 Å². The molecule has 2 aliphatic heterocycles. The summed E-state index contributed by atoms with van der Waals surface area (Å²) in [4.78, 5) is 43.2. The van der Waals surface area contributed by atoms with Gasteiger partial charge in [-0.05, 0) is 38.0 Å². The third-order valence-corrected chi connectivity index (χ3v) is 6.31. The summed E-state index contributed by atoms with van der Waals surface area (Å²) in [6.07, 6.45) is 1.18. The number of ether oxygens (including phenoxy) is 2. The number of anilines is 1. The number of likely N-dealkylation sites (N-methyl/N-ethyl adjacent to an activating group) is 1. The molecule has 2 aromatic rings. The van der Waals surface area contributed by atoms with Crippen molar-refractivity contribution in [3.05, 3.63) is 40.3 Å². The lowest BCUT2D eigenvalue weighted by atomic mass is 9.94. The van der Waals surface area contributed by atoms with Crippen LogP contribution in [0.3, 0.4) is 0 Å². The summed E-state index contributed by atoms with van der Waals surface area (Å²) in [5.74, 6) is -0.144. The van der Waals surface area contributed by atoms with Gasteiger partial charge in [-0.2, -0.15) is 0 Å². The van der Waals surface area contributed by atoms with Crippen LogP contribution in [-0.4, -0.2) is 66.1 Å². The van der Waals surface area contributed by atoms with Crippen LogP contribution in [0.2, 0.25) is 0 Å². The number of benzene rings is 1. The van der Waals surface area contributed by atoms with Gasteiger partial charge in [0.15, 0.2) is 0 Å². The highest BCUT2D eigenvalue weighted by molar-refractivity contribution is 7.07. The van der Waals surface area contributed by atoms with Gasteiger partial charge in [-0.15, -0.1) is 11.3 Å². The molecule has 3 heterocycles. The lowest BCUT2D eigenvalue weighted by molar-refractivity contribution is -0.133. The maximum Gasteiger partial charge on any atom is 0.275 e. The maximum absolute atomic E-state index is 13.3. The number of amides is 3. The molecule has 0 aliphatic carbocycles. The van der Waals surface area contributed by atoms with E-state index in [0.717, 1.165) is 6.42 Å². The van der Waals surface area contributed by atoms with E-state index in [2.05, 4.69) is 15.6 Å². The Bertz CT molecular complexity index is 996. The molecule has 2 aliphatic rings. The second-order valence-corrected chi connectivity index (χ2v) is 8.58. The topological polar surface area (TPSA) is 110 Å². The molecule has 2 N–H and O–H groups in total. The van der Waals surface area contributed by atoms with Crippen molar-refractivity contribution in [2.24, 2.45) is 0 Å². The van der Waals surface area contributed by atoms with Gasteiger partial charge < -0.3 is 25.0 Å². The van der Waals surface area contributed by atoms with Gasteiger partial charge in [-0.1, -0.05) is 0 Å². The minimum atomic E-state index is -0.335. The fraction of sp³-hybridized carbons (Fsp3) is 0.455. The molecule has 170 valence electrons. The Morgan fingerprint density at radius 1 is 1.31 bits per heavy atom. The molecule has 0 bridgehead atoms. The standard InChI is InChI=1S/C22H26N4O5S/c1-3-23-20(27)9-14-5-6-17-19(31-14)10-30-18-7-4-13(8-15(18)22(29)26(17)2)25-21(28)16-11-32-12-24-16/h4,7-8,11-12,14,17,19H,3,5-6,9-10H2,1-2H3,(H,23,27)(H,25,28)/t14-,17+,19+/m1/s1. The summed E-state index contributed by atoms with van der Waals surface area (Å²) in [5.41, 5.74) is 2.79. The van der Waals surface area contributed by atoms with Crippen molar-refractivity contribution in [1.82, 2.24) is 15.2 Å². The smallest absolute Gasteiger partial charge is 0.275 e. The number of hydrogen-bond acceptors (Lipinski definition) is 7. The zero-order chi connectivity index (χ0) is 22.7. The van der Waals surface area contributed by atoms with Crippen molar-refractivity contribution in [2.75, 3.05) is 25.5 Å². The second-order valence-electron chi connectivity index (χ2n) is 7.86. The van der Waals surface area contributed by atoms with Crippen molar-refractivity contribution in [3.63, 3.8) is 0 Å². The van der Waals surface area contributed by atoms with Crippen molar-refractivity contribution in [1.29, 1.82) is 0 Å². The number of carbonyl (C=O) groups excluding carboxylic acids is 3. The summed E-state index contributed by atoms with van der Waals surface area (Å²) in [7, 11) is 1.75. The first-order valence-electron chi connectivity index (χ1n) is 10.6. The van der Waals surface area contributed by atoms with Crippen LogP contribution in [0.25, 0.3) is 0 Å². The molecule has 9 nitrogen and oxygen atoms in total. The molecule has 0 saturated carbocycles. The van der Waals surface area contributed by atoms with E-state index < -0.39 is 0 Å². The molecule has 1 aromatic carbocycles. The van der Waals surface area contributed by atoms with Gasteiger partial charge in [0.1, 0.15) is 24.2 Å². The fourth-order valence-electron chi connectivity index (χ4n) is 4.10. The van der Waals surface area contributed by atoms with E-state index in [-0.39, 0.29) is 42.6 Å². The normalized spacial score (nSPS) is 22.6. The van der Waals surface area contributed by atoms with E-state index in [1.807, 2.05) is 6.92 Å². The first-order chi connectivity index (χ1) is 15.5. The van der Waals surface area contributed by atoms with E-state index in [0.29, 0.717) is 42.1 Å². The Morgan fingerprint density at radius 3 is 2.91 bits per heavy atom. The molecular formula is C22H26N4O5S. The van der Waals surface area contributed by atoms with E-state index in [1.54, 1.807) is 41.0 Å². The zero-order valence-electron chi connectivity index (χ0n) is 18.0. The summed E-state index contributed by atoms with van der Waals surface area (Å²) in [6.45, 7) is 2.73. The van der Waals surface area contributed by atoms with Gasteiger partial charge in [0.2, 0.25) is 5.91 Å². The van der Waals surface area contributed by atoms with Crippen LogP contribution in [-0.2, 0) is 9.53 Å². The molecule has 1 saturated heterocycles. The molecule has 0 unspecified atom stereocenters. The van der Waals surface area contributed by atoms with E-state index in [4.69, 9.17) is 9.47 Å². The monoisotopic (exact) mass is 458 g/mol. The molecule has 4 rings (SSSR count). The Labute approximate surface area is 190 Å². The van der Waals surface area contributed by atoms with Crippen LogP contribution in [0.4, 0.5) is 5.69 Å². The third kappa shape index (κ3) is 4.76. The van der Waals surface area contributed by atoms with E-state index in [9.17, 15) is 14.4 Å². The maximum atomic E-state index is 13.3. The van der Waals surface area contributed by atoms with Crippen LogP contribution in [0.5, 0.6) is 5.75 Å². The fourth-order valence-corrected chi connectivity index (χ4v) is 4.63. The quantitative estimate of drug-likeness (QED) is 0.712. The predicted octanol–water partition coefficient (Wildman–Crippen LogP) is 2.30. The molecule has 3 atom stereocenters. The Kier molecular flexibility index (Phi) is 6.71. The van der Waals surface area contributed by atoms with Crippen molar-refractivity contribution < 1.29 is 23.9 Å². The van der Waals surface area contributed by atoms with Gasteiger partial charge in [-0.3, -0.25) is 14.4 Å². The molecule has 10 heteroatoms. The van der Waals surface area contributed by atoms with Crippen LogP contribution < -0.4 is 15.4 Å². The Hall–Kier alpha value is -2.98. The van der Waals surface area contributed by atoms with Crippen molar-refractivity contribution in [3.8, 4) is 5.75 Å². The molecule has 1 fully saturated rings. The first kappa shape index (κ1) is 22.2. The third-order valence-electron chi connectivity index (χ3n) is 5.72. The SMILES string of the molecule is CCNC(=O)C[C@H]1CC[C@H]2[C@H](COc3ccc(NC(=O)c4cscn4)cc3C(=O)N2C)O1. The van der Waals surface area contributed by atoms with Crippen molar-refractivity contribution in [2.45, 2.75) is 44.4 Å². The number of nitrogens with zero attached hydrogens (tertiary/aromatic N) is 2. The number of carbonyl (C=O) groups is 3. The van der Waals surface area contributed by atoms with E-state index >= 15 is 0 Å². The van der Waals surface area contributed by atoms with Gasteiger partial charge in [-0.25, -0.2) is 4.98 Å². The number of rotatable bonds is 5. The minimum Gasteiger partial charge on any atom is -0.490 e. The molecular weight excluding hydrogens is 432 g/mol. The number of hydrogen-bond donors (Lipinski definition) is 2. The second kappa shape index (κ2) is 9.66. The summed E-state index contributed by atoms with van der Waals surface area (Å²) < 4.78 is 12.1. The van der Waals surface area contributed by atoms with Crippen LogP contribution in [0.1, 0.15) is 47.0 Å². The summed E-state index contributed by atoms with van der Waals surface area (Å²) in [6, 6.07) is 4.83. The van der Waals surface area contributed by atoms with Crippen LogP contribution in [0, 0.1) is 0 Å². The van der Waals surface area contributed by atoms with Crippen LogP contribution in [0.15, 0.2) is 29.1 Å². The molecule has 3 amide bonds. The number of aromatic nitrogens is 1. The van der Waals surface area contributed by atoms with Gasteiger partial charge >= 0.3 is 0 Å². The molecule has 0 spiro atoms. The Morgan fingerprint density at radius 2 is 2.16 bits per heavy atom. The Balaban J connectivity index is 1.49. The minimum absolute atomic E-state index is 0.0373. The van der Waals surface area contributed by atoms with E-state index in [1.165, 1.54) is 11.3 Å². The van der Waals surface area contributed by atoms with Gasteiger partial charge in [0.25, 0.3) is 11.8 Å². The summed E-state index contributed by atoms with van der Waals surface area (Å²) >= 11 is 1.34. The lowest BCUT2D eigenvalue weighted by Gasteiger charge is -2.42. The highest BCUT2D eigenvalue weighted by atomic mass is 32.1. The van der Waals surface area contributed by atoms with Crippen molar-refractivity contribution >= 4 is 34.7 Å². The first-order valence-corrected chi connectivity index (χ1v) is 11.6. The molecule has 1 aromatic heterocycles. The lowest BCUT2D eigenvalue weighted by Crippen LogP contribution is -2.54. The average Bonchev–Trinajstić information content (AvgIpc) is 3.32. The highest BCUT2D eigenvalue weighted by Crippen LogP contribution is 2.32. The van der Waals surface area contributed by atoms with Gasteiger partial charge in [0.05, 0.1) is 29.6 Å². The molecule has 32 heavy (non-hydrogen) atoms.